The molecule has 0 atom stereocenters. The van der Waals surface area contributed by atoms with Crippen LogP contribution in [0.25, 0.3) is 0 Å². The number of hydrogen-bond donors (Lipinski definition) is 2. The Labute approximate surface area is 129 Å². The number of carbonyl (C=O) groups is 2. The van der Waals surface area contributed by atoms with Crippen LogP contribution in [0.5, 0.6) is 0 Å². The number of hydrazone groups is 1. The lowest BCUT2D eigenvalue weighted by Gasteiger charge is -2.03. The number of rotatable bonds is 5. The molecule has 0 heterocycles. The molecule has 22 heavy (non-hydrogen) atoms. The van der Waals surface area contributed by atoms with E-state index in [1.807, 2.05) is 60.7 Å². The zero-order valence-electron chi connectivity index (χ0n) is 12.0. The summed E-state index contributed by atoms with van der Waals surface area (Å²) in [4.78, 5) is 23.1. The fraction of sp³-hybridized carbons (Fsp3) is 0.118. The SMILES string of the molecule is O=C(NCc1ccccc1)C(=O)N/N=C/Cc1ccccc1. The zero-order valence-corrected chi connectivity index (χ0v) is 12.0. The van der Waals surface area contributed by atoms with Crippen LogP contribution in [0.4, 0.5) is 0 Å². The Bertz CT molecular complexity index is 639. The molecule has 2 aromatic carbocycles. The van der Waals surface area contributed by atoms with Crippen molar-refractivity contribution in [1.29, 1.82) is 0 Å². The molecule has 0 fully saturated rings. The fourth-order valence-electron chi connectivity index (χ4n) is 1.78. The minimum absolute atomic E-state index is 0.306. The normalized spacial score (nSPS) is 10.4. The average molecular weight is 295 g/mol. The van der Waals surface area contributed by atoms with Crippen LogP contribution in [-0.4, -0.2) is 18.0 Å². The Morgan fingerprint density at radius 2 is 1.45 bits per heavy atom. The van der Waals surface area contributed by atoms with E-state index < -0.39 is 11.8 Å². The average Bonchev–Trinajstić information content (AvgIpc) is 2.58. The van der Waals surface area contributed by atoms with Gasteiger partial charge in [0, 0.05) is 19.2 Å². The van der Waals surface area contributed by atoms with Gasteiger partial charge in [-0.15, -0.1) is 0 Å². The molecule has 0 aliphatic carbocycles. The van der Waals surface area contributed by atoms with Gasteiger partial charge in [-0.3, -0.25) is 9.59 Å². The summed E-state index contributed by atoms with van der Waals surface area (Å²) in [6.07, 6.45) is 2.14. The van der Waals surface area contributed by atoms with Crippen molar-refractivity contribution in [3.05, 3.63) is 71.8 Å². The van der Waals surface area contributed by atoms with Crippen LogP contribution in [0.3, 0.4) is 0 Å². The van der Waals surface area contributed by atoms with Crippen LogP contribution in [0.2, 0.25) is 0 Å². The van der Waals surface area contributed by atoms with Crippen molar-refractivity contribution in [1.82, 2.24) is 10.7 Å². The van der Waals surface area contributed by atoms with Crippen LogP contribution >= 0.6 is 0 Å². The lowest BCUT2D eigenvalue weighted by atomic mass is 10.2. The van der Waals surface area contributed by atoms with E-state index in [0.29, 0.717) is 13.0 Å². The number of nitrogens with one attached hydrogen (secondary N) is 2. The zero-order chi connectivity index (χ0) is 15.6. The Kier molecular flexibility index (Phi) is 5.87. The molecule has 112 valence electrons. The van der Waals surface area contributed by atoms with E-state index in [1.165, 1.54) is 0 Å². The molecule has 2 amide bonds. The largest absolute Gasteiger partial charge is 0.344 e. The monoisotopic (exact) mass is 295 g/mol. The minimum atomic E-state index is -0.778. The van der Waals surface area contributed by atoms with Crippen molar-refractivity contribution < 1.29 is 9.59 Å². The highest BCUT2D eigenvalue weighted by atomic mass is 16.2. The van der Waals surface area contributed by atoms with Crippen LogP contribution in [0.1, 0.15) is 11.1 Å². The van der Waals surface area contributed by atoms with Crippen LogP contribution in [0, 0.1) is 0 Å². The van der Waals surface area contributed by atoms with Crippen LogP contribution in [0.15, 0.2) is 65.8 Å². The third kappa shape index (κ3) is 5.20. The van der Waals surface area contributed by atoms with Gasteiger partial charge >= 0.3 is 11.8 Å². The lowest BCUT2D eigenvalue weighted by Crippen LogP contribution is -2.37. The number of benzene rings is 2. The van der Waals surface area contributed by atoms with Gasteiger partial charge in [0.25, 0.3) is 0 Å². The van der Waals surface area contributed by atoms with Gasteiger partial charge in [0.05, 0.1) is 0 Å². The number of carbonyl (C=O) groups excluding carboxylic acids is 2. The first-order chi connectivity index (χ1) is 10.8. The van der Waals surface area contributed by atoms with Gasteiger partial charge in [-0.25, -0.2) is 5.43 Å². The van der Waals surface area contributed by atoms with E-state index in [-0.39, 0.29) is 0 Å². The van der Waals surface area contributed by atoms with Gasteiger partial charge < -0.3 is 5.32 Å². The quantitative estimate of drug-likeness (QED) is 0.500. The second-order valence-corrected chi connectivity index (χ2v) is 4.61. The molecule has 0 radical (unpaired) electrons. The molecule has 0 unspecified atom stereocenters. The molecule has 2 aromatic rings. The van der Waals surface area contributed by atoms with Crippen molar-refractivity contribution in [2.75, 3.05) is 0 Å². The third-order valence-corrected chi connectivity index (χ3v) is 2.93. The third-order valence-electron chi connectivity index (χ3n) is 2.93. The summed E-state index contributed by atoms with van der Waals surface area (Å²) in [6.45, 7) is 0.306. The number of amides is 2. The summed E-state index contributed by atoms with van der Waals surface area (Å²) >= 11 is 0. The summed E-state index contributed by atoms with van der Waals surface area (Å²) in [5.74, 6) is -1.49. The summed E-state index contributed by atoms with van der Waals surface area (Å²) in [5, 5.41) is 6.29. The molecular formula is C17H17N3O2. The molecule has 0 saturated carbocycles. The van der Waals surface area contributed by atoms with Crippen molar-refractivity contribution >= 4 is 18.0 Å². The highest BCUT2D eigenvalue weighted by molar-refractivity contribution is 6.35. The second kappa shape index (κ2) is 8.36. The lowest BCUT2D eigenvalue weighted by molar-refractivity contribution is -0.139. The van der Waals surface area contributed by atoms with Crippen molar-refractivity contribution in [3.63, 3.8) is 0 Å². The Balaban J connectivity index is 1.71. The maximum absolute atomic E-state index is 11.6. The molecule has 0 bridgehead atoms. The summed E-state index contributed by atoms with van der Waals surface area (Å²) in [7, 11) is 0. The van der Waals surface area contributed by atoms with E-state index in [2.05, 4.69) is 15.8 Å². The molecular weight excluding hydrogens is 278 g/mol. The Morgan fingerprint density at radius 1 is 0.864 bits per heavy atom. The molecule has 5 nitrogen and oxygen atoms in total. The van der Waals surface area contributed by atoms with E-state index in [9.17, 15) is 9.59 Å². The first-order valence-corrected chi connectivity index (χ1v) is 6.93. The minimum Gasteiger partial charge on any atom is -0.344 e. The molecule has 0 spiro atoms. The van der Waals surface area contributed by atoms with E-state index >= 15 is 0 Å². The first-order valence-electron chi connectivity index (χ1n) is 6.93. The highest BCUT2D eigenvalue weighted by Crippen LogP contribution is 1.97. The van der Waals surface area contributed by atoms with Crippen molar-refractivity contribution in [2.24, 2.45) is 5.10 Å². The van der Waals surface area contributed by atoms with Gasteiger partial charge in [0.15, 0.2) is 0 Å². The Morgan fingerprint density at radius 3 is 2.09 bits per heavy atom. The van der Waals surface area contributed by atoms with E-state index in [1.54, 1.807) is 6.21 Å². The molecule has 0 aromatic heterocycles. The van der Waals surface area contributed by atoms with Gasteiger partial charge in [0.2, 0.25) is 0 Å². The maximum atomic E-state index is 11.6. The van der Waals surface area contributed by atoms with Gasteiger partial charge in [0.1, 0.15) is 0 Å². The van der Waals surface area contributed by atoms with E-state index in [0.717, 1.165) is 11.1 Å². The first kappa shape index (κ1) is 15.4. The van der Waals surface area contributed by atoms with Crippen molar-refractivity contribution in [3.8, 4) is 0 Å². The topological polar surface area (TPSA) is 70.6 Å². The molecule has 2 rings (SSSR count). The van der Waals surface area contributed by atoms with Crippen LogP contribution < -0.4 is 10.7 Å². The molecule has 5 heteroatoms. The predicted molar refractivity (Wildman–Crippen MR) is 85.1 cm³/mol. The number of nitrogens with zero attached hydrogens (tertiary/aromatic N) is 1. The van der Waals surface area contributed by atoms with Gasteiger partial charge in [-0.05, 0) is 11.1 Å². The molecule has 0 saturated heterocycles. The molecule has 0 aliphatic rings. The van der Waals surface area contributed by atoms with Crippen molar-refractivity contribution in [2.45, 2.75) is 13.0 Å². The van der Waals surface area contributed by atoms with Gasteiger partial charge in [-0.1, -0.05) is 60.7 Å². The smallest absolute Gasteiger partial charge is 0.329 e. The predicted octanol–water partition coefficient (Wildman–Crippen LogP) is 1.65. The summed E-state index contributed by atoms with van der Waals surface area (Å²) < 4.78 is 0. The standard InChI is InChI=1S/C17H17N3O2/c21-16(18-13-15-9-5-2-6-10-15)17(22)20-19-12-11-14-7-3-1-4-8-14/h1-10,12H,11,13H2,(H,18,21)(H,20,22)/b19-12+. The fourth-order valence-corrected chi connectivity index (χ4v) is 1.78. The second-order valence-electron chi connectivity index (χ2n) is 4.61. The summed E-state index contributed by atoms with van der Waals surface area (Å²) in [5.41, 5.74) is 4.21. The summed E-state index contributed by atoms with van der Waals surface area (Å²) in [6, 6.07) is 19.1. The maximum Gasteiger partial charge on any atom is 0.329 e. The highest BCUT2D eigenvalue weighted by Gasteiger charge is 2.11. The number of hydrogen-bond acceptors (Lipinski definition) is 3. The Hall–Kier alpha value is -2.95. The molecule has 2 N–H and O–H groups in total. The van der Waals surface area contributed by atoms with E-state index in [4.69, 9.17) is 0 Å². The molecule has 0 aliphatic heterocycles. The van der Waals surface area contributed by atoms with Crippen LogP contribution in [-0.2, 0) is 22.6 Å². The van der Waals surface area contributed by atoms with Gasteiger partial charge in [-0.2, -0.15) is 5.10 Å².